The number of nitrogens with zero attached hydrogens (tertiary/aromatic N) is 2. The Morgan fingerprint density at radius 3 is 2.57 bits per heavy atom. The van der Waals surface area contributed by atoms with Crippen molar-refractivity contribution in [1.29, 1.82) is 0 Å². The van der Waals surface area contributed by atoms with Gasteiger partial charge in [0.1, 0.15) is 0 Å². The normalized spacial score (nSPS) is 22.5. The summed E-state index contributed by atoms with van der Waals surface area (Å²) in [4.78, 5) is 27.0. The van der Waals surface area contributed by atoms with Crippen molar-refractivity contribution < 1.29 is 14.7 Å². The van der Waals surface area contributed by atoms with Crippen LogP contribution < -0.4 is 0 Å². The lowest BCUT2D eigenvalue weighted by molar-refractivity contribution is -0.127. The molecule has 0 radical (unpaired) electrons. The molecule has 2 heterocycles. The van der Waals surface area contributed by atoms with Gasteiger partial charge in [0.25, 0.3) is 0 Å². The number of carbonyl (C=O) groups excluding carboxylic acids is 1. The highest BCUT2D eigenvalue weighted by atomic mass is 16.4. The summed E-state index contributed by atoms with van der Waals surface area (Å²) < 4.78 is 0. The number of carbonyl (C=O) groups is 2. The van der Waals surface area contributed by atoms with Gasteiger partial charge in [0.2, 0.25) is 5.91 Å². The minimum absolute atomic E-state index is 0.294. The molecule has 0 aromatic heterocycles. The van der Waals surface area contributed by atoms with Gasteiger partial charge in [-0.25, -0.2) is 4.79 Å². The number of benzene rings is 1. The van der Waals surface area contributed by atoms with Crippen LogP contribution in [0.2, 0.25) is 0 Å². The molecule has 124 valence electrons. The van der Waals surface area contributed by atoms with Crippen LogP contribution in [0, 0.1) is 0 Å². The Bertz CT molecular complexity index is 570. The van der Waals surface area contributed by atoms with E-state index in [0.717, 1.165) is 52.0 Å². The van der Waals surface area contributed by atoms with Crippen molar-refractivity contribution in [2.45, 2.75) is 31.6 Å². The van der Waals surface area contributed by atoms with Crippen molar-refractivity contribution in [2.24, 2.45) is 0 Å². The summed E-state index contributed by atoms with van der Waals surface area (Å²) in [5.74, 6) is -0.124. The topological polar surface area (TPSA) is 60.9 Å². The minimum atomic E-state index is -0.878. The molecule has 0 aliphatic carbocycles. The van der Waals surface area contributed by atoms with E-state index in [1.165, 1.54) is 5.56 Å². The Morgan fingerprint density at radius 1 is 1.13 bits per heavy atom. The average Bonchev–Trinajstić information content (AvgIpc) is 2.98. The Balaban J connectivity index is 1.55. The van der Waals surface area contributed by atoms with E-state index >= 15 is 0 Å². The number of carboxylic acids is 1. The van der Waals surface area contributed by atoms with Crippen LogP contribution in [0.5, 0.6) is 0 Å². The fraction of sp³-hybridized carbons (Fsp3) is 0.556. The average molecular weight is 316 g/mol. The lowest BCUT2D eigenvalue weighted by Gasteiger charge is -2.34. The summed E-state index contributed by atoms with van der Waals surface area (Å²) in [6.45, 7) is 4.77. The lowest BCUT2D eigenvalue weighted by atomic mass is 9.90. The van der Waals surface area contributed by atoms with Gasteiger partial charge in [-0.3, -0.25) is 4.79 Å². The molecular weight excluding hydrogens is 292 g/mol. The first-order chi connectivity index (χ1) is 11.1. The van der Waals surface area contributed by atoms with Gasteiger partial charge < -0.3 is 14.9 Å². The zero-order chi connectivity index (χ0) is 16.2. The zero-order valence-corrected chi connectivity index (χ0v) is 13.4. The van der Waals surface area contributed by atoms with Gasteiger partial charge in [-0.1, -0.05) is 12.1 Å². The smallest absolute Gasteiger partial charge is 0.335 e. The Kier molecular flexibility index (Phi) is 4.96. The Hall–Kier alpha value is -1.88. The van der Waals surface area contributed by atoms with Gasteiger partial charge in [0, 0.05) is 32.6 Å². The first-order valence-electron chi connectivity index (χ1n) is 8.47. The van der Waals surface area contributed by atoms with E-state index < -0.39 is 5.97 Å². The van der Waals surface area contributed by atoms with E-state index in [1.807, 2.05) is 17.0 Å². The molecule has 5 heteroatoms. The Labute approximate surface area is 136 Å². The summed E-state index contributed by atoms with van der Waals surface area (Å²) in [7, 11) is 0. The van der Waals surface area contributed by atoms with Gasteiger partial charge in [-0.2, -0.15) is 0 Å². The van der Waals surface area contributed by atoms with Crippen LogP contribution >= 0.6 is 0 Å². The summed E-state index contributed by atoms with van der Waals surface area (Å²) in [6, 6.07) is 7.28. The maximum atomic E-state index is 11.7. The summed E-state index contributed by atoms with van der Waals surface area (Å²) in [6.07, 6.45) is 4.00. The quantitative estimate of drug-likeness (QED) is 0.904. The molecule has 1 aromatic rings. The van der Waals surface area contributed by atoms with Crippen LogP contribution in [-0.2, 0) is 4.79 Å². The van der Waals surface area contributed by atoms with Crippen LogP contribution in [-0.4, -0.2) is 59.5 Å². The third kappa shape index (κ3) is 3.91. The number of hydrogen-bond acceptors (Lipinski definition) is 3. The molecule has 2 aliphatic heterocycles. The second kappa shape index (κ2) is 7.13. The van der Waals surface area contributed by atoms with Crippen molar-refractivity contribution in [3.05, 3.63) is 35.4 Å². The van der Waals surface area contributed by atoms with Gasteiger partial charge in [-0.05, 0) is 49.4 Å². The molecule has 5 nitrogen and oxygen atoms in total. The molecule has 2 fully saturated rings. The van der Waals surface area contributed by atoms with Crippen LogP contribution in [0.15, 0.2) is 24.3 Å². The molecule has 2 saturated heterocycles. The van der Waals surface area contributed by atoms with E-state index in [1.54, 1.807) is 12.1 Å². The summed E-state index contributed by atoms with van der Waals surface area (Å²) in [5.41, 5.74) is 1.56. The maximum absolute atomic E-state index is 11.7. The molecular formula is C18H24N2O3. The number of rotatable bonds is 5. The lowest BCUT2D eigenvalue weighted by Crippen LogP contribution is -2.40. The Morgan fingerprint density at radius 2 is 1.91 bits per heavy atom. The van der Waals surface area contributed by atoms with Gasteiger partial charge in [-0.15, -0.1) is 0 Å². The van der Waals surface area contributed by atoms with Gasteiger partial charge in [0.05, 0.1) is 5.56 Å². The van der Waals surface area contributed by atoms with Gasteiger partial charge in [0.15, 0.2) is 0 Å². The fourth-order valence-electron chi connectivity index (χ4n) is 3.63. The monoisotopic (exact) mass is 316 g/mol. The third-order valence-corrected chi connectivity index (χ3v) is 4.99. The first kappa shape index (κ1) is 16.0. The van der Waals surface area contributed by atoms with Gasteiger partial charge >= 0.3 is 5.97 Å². The third-order valence-electron chi connectivity index (χ3n) is 4.99. The van der Waals surface area contributed by atoms with E-state index in [0.29, 0.717) is 23.8 Å². The molecule has 0 bridgehead atoms. The molecule has 0 unspecified atom stereocenters. The van der Waals surface area contributed by atoms with Crippen LogP contribution in [0.25, 0.3) is 0 Å². The van der Waals surface area contributed by atoms with E-state index in [9.17, 15) is 9.59 Å². The molecule has 23 heavy (non-hydrogen) atoms. The first-order valence-corrected chi connectivity index (χ1v) is 8.47. The molecule has 0 spiro atoms. The number of carboxylic acid groups (broad SMARTS) is 1. The second-order valence-corrected chi connectivity index (χ2v) is 6.55. The van der Waals surface area contributed by atoms with Crippen molar-refractivity contribution in [3.8, 4) is 0 Å². The van der Waals surface area contributed by atoms with E-state index in [4.69, 9.17) is 5.11 Å². The van der Waals surface area contributed by atoms with Crippen molar-refractivity contribution in [2.75, 3.05) is 32.7 Å². The number of hydrogen-bond donors (Lipinski definition) is 1. The number of amides is 1. The van der Waals surface area contributed by atoms with Crippen molar-refractivity contribution in [3.63, 3.8) is 0 Å². The van der Waals surface area contributed by atoms with Crippen LogP contribution in [0.4, 0.5) is 0 Å². The molecule has 1 amide bonds. The van der Waals surface area contributed by atoms with Crippen molar-refractivity contribution >= 4 is 11.9 Å². The molecule has 1 N–H and O–H groups in total. The standard InChI is InChI=1S/C18H24N2O3/c21-17-4-2-10-20(17)12-11-19-9-1-3-16(13-19)14-5-7-15(8-6-14)18(22)23/h5-8,16H,1-4,9-13H2,(H,22,23)/t16-/m0/s1. The zero-order valence-electron chi connectivity index (χ0n) is 13.4. The molecule has 0 saturated carbocycles. The predicted molar refractivity (Wildman–Crippen MR) is 87.6 cm³/mol. The highest BCUT2D eigenvalue weighted by Crippen LogP contribution is 2.27. The number of aromatic carboxylic acids is 1. The van der Waals surface area contributed by atoms with E-state index in [-0.39, 0.29) is 0 Å². The fourth-order valence-corrected chi connectivity index (χ4v) is 3.63. The van der Waals surface area contributed by atoms with Crippen LogP contribution in [0.3, 0.4) is 0 Å². The molecule has 1 atom stereocenters. The van der Waals surface area contributed by atoms with E-state index in [2.05, 4.69) is 4.90 Å². The molecule has 2 aliphatic rings. The van der Waals surface area contributed by atoms with Crippen LogP contribution in [0.1, 0.15) is 47.5 Å². The highest BCUT2D eigenvalue weighted by Gasteiger charge is 2.24. The predicted octanol–water partition coefficient (Wildman–Crippen LogP) is 2.19. The highest BCUT2D eigenvalue weighted by molar-refractivity contribution is 5.87. The summed E-state index contributed by atoms with van der Waals surface area (Å²) in [5, 5.41) is 8.98. The molecule has 3 rings (SSSR count). The number of piperidine rings is 1. The second-order valence-electron chi connectivity index (χ2n) is 6.55. The van der Waals surface area contributed by atoms with Crippen molar-refractivity contribution in [1.82, 2.24) is 9.80 Å². The minimum Gasteiger partial charge on any atom is -0.478 e. The summed E-state index contributed by atoms with van der Waals surface area (Å²) >= 11 is 0. The number of likely N-dealkylation sites (tertiary alicyclic amines) is 2. The SMILES string of the molecule is O=C(O)c1ccc([C@H]2CCCN(CCN3CCCC3=O)C2)cc1. The maximum Gasteiger partial charge on any atom is 0.335 e. The molecule has 1 aromatic carbocycles. The largest absolute Gasteiger partial charge is 0.478 e.